The molecule has 4 heterocycles. The second-order valence-electron chi connectivity index (χ2n) is 8.08. The summed E-state index contributed by atoms with van der Waals surface area (Å²) >= 11 is 1.22. The smallest absolute Gasteiger partial charge is 0.328 e. The van der Waals surface area contributed by atoms with Crippen molar-refractivity contribution in [1.82, 2.24) is 24.7 Å². The maximum absolute atomic E-state index is 13.8. The van der Waals surface area contributed by atoms with E-state index in [0.29, 0.717) is 10.6 Å². The van der Waals surface area contributed by atoms with Crippen LogP contribution in [0.2, 0.25) is 0 Å². The largest absolute Gasteiger partial charge is 0.335 e. The van der Waals surface area contributed by atoms with Crippen molar-refractivity contribution < 1.29 is 23.6 Å². The summed E-state index contributed by atoms with van der Waals surface area (Å²) in [6.07, 6.45) is 2.07. The highest BCUT2D eigenvalue weighted by atomic mass is 32.1. The van der Waals surface area contributed by atoms with Crippen LogP contribution in [-0.4, -0.2) is 86.5 Å². The maximum atomic E-state index is 13.8. The SMILES string of the molecule is CC(=O)CN1C(=O)C2C(N=CN2[C@@H](C)C(=O)Nc2csc(-c3cnc(C)c(F)c3)n2)N(C)C1=O. The Labute approximate surface area is 198 Å². The van der Waals surface area contributed by atoms with Crippen LogP contribution in [0.1, 0.15) is 19.5 Å². The van der Waals surface area contributed by atoms with Gasteiger partial charge in [0.05, 0.1) is 18.6 Å². The van der Waals surface area contributed by atoms with Gasteiger partial charge in [0.1, 0.15) is 28.5 Å². The molecule has 0 aliphatic carbocycles. The first-order chi connectivity index (χ1) is 16.1. The van der Waals surface area contributed by atoms with Gasteiger partial charge in [0, 0.05) is 24.2 Å². The van der Waals surface area contributed by atoms with Gasteiger partial charge in [0.15, 0.2) is 12.2 Å². The van der Waals surface area contributed by atoms with Gasteiger partial charge in [-0.25, -0.2) is 19.2 Å². The van der Waals surface area contributed by atoms with Crippen LogP contribution < -0.4 is 5.32 Å². The van der Waals surface area contributed by atoms with Crippen molar-refractivity contribution >= 4 is 47.1 Å². The van der Waals surface area contributed by atoms with E-state index in [-0.39, 0.29) is 23.8 Å². The average Bonchev–Trinajstić information content (AvgIpc) is 3.44. The van der Waals surface area contributed by atoms with Crippen molar-refractivity contribution in [2.75, 3.05) is 18.9 Å². The number of urea groups is 1. The Kier molecular flexibility index (Phi) is 6.13. The molecule has 13 heteroatoms. The molecule has 0 saturated carbocycles. The van der Waals surface area contributed by atoms with Crippen molar-refractivity contribution in [3.05, 3.63) is 29.2 Å². The predicted octanol–water partition coefficient (Wildman–Crippen LogP) is 1.50. The lowest BCUT2D eigenvalue weighted by Gasteiger charge is -2.41. The summed E-state index contributed by atoms with van der Waals surface area (Å²) in [6.45, 7) is 4.09. The lowest BCUT2D eigenvalue weighted by molar-refractivity contribution is -0.141. The van der Waals surface area contributed by atoms with Gasteiger partial charge in [0.25, 0.3) is 5.91 Å². The van der Waals surface area contributed by atoms with Crippen LogP contribution >= 0.6 is 11.3 Å². The first-order valence-corrected chi connectivity index (χ1v) is 11.2. The molecule has 2 aliphatic rings. The minimum atomic E-state index is -0.935. The van der Waals surface area contributed by atoms with Gasteiger partial charge < -0.3 is 15.1 Å². The second-order valence-corrected chi connectivity index (χ2v) is 8.94. The van der Waals surface area contributed by atoms with E-state index in [9.17, 15) is 23.6 Å². The monoisotopic (exact) mass is 487 g/mol. The van der Waals surface area contributed by atoms with Gasteiger partial charge in [-0.3, -0.25) is 24.3 Å². The number of amides is 4. The number of halogens is 1. The summed E-state index contributed by atoms with van der Waals surface area (Å²) in [5.74, 6) is -1.57. The van der Waals surface area contributed by atoms with Crippen LogP contribution in [0, 0.1) is 12.7 Å². The number of nitrogens with one attached hydrogen (secondary N) is 1. The highest BCUT2D eigenvalue weighted by Gasteiger charge is 2.51. The maximum Gasteiger partial charge on any atom is 0.328 e. The minimum Gasteiger partial charge on any atom is -0.335 e. The van der Waals surface area contributed by atoms with Gasteiger partial charge in [0.2, 0.25) is 5.91 Å². The molecule has 1 N–H and O–H groups in total. The molecule has 4 rings (SSSR count). The number of hydrogen-bond donors (Lipinski definition) is 1. The number of imide groups is 1. The first-order valence-electron chi connectivity index (χ1n) is 10.4. The highest BCUT2D eigenvalue weighted by Crippen LogP contribution is 2.29. The van der Waals surface area contributed by atoms with Crippen molar-refractivity contribution in [3.8, 4) is 10.6 Å². The standard InChI is InChI=1S/C21H22FN7O4S/c1-10(30)7-28-20(32)16-17(27(4)21(28)33)24-9-29(16)12(3)18(31)25-15-8-34-19(26-15)13-5-14(22)11(2)23-6-13/h5-6,8-9,12,16-17H,7H2,1-4H3,(H,25,31)/t12-,16?,17?/m0/s1. The van der Waals surface area contributed by atoms with E-state index in [0.717, 1.165) is 4.90 Å². The van der Waals surface area contributed by atoms with Crippen LogP contribution in [0.4, 0.5) is 15.0 Å². The fourth-order valence-corrected chi connectivity index (χ4v) is 4.47. The molecule has 2 aromatic heterocycles. The van der Waals surface area contributed by atoms with Crippen molar-refractivity contribution in [1.29, 1.82) is 0 Å². The molecule has 11 nitrogen and oxygen atoms in total. The number of fused-ring (bicyclic) bond motifs is 1. The van der Waals surface area contributed by atoms with Crippen LogP contribution in [-0.2, 0) is 14.4 Å². The zero-order chi connectivity index (χ0) is 24.7. The van der Waals surface area contributed by atoms with Gasteiger partial charge in [-0.15, -0.1) is 11.3 Å². The van der Waals surface area contributed by atoms with Crippen LogP contribution in [0.3, 0.4) is 0 Å². The van der Waals surface area contributed by atoms with Crippen LogP contribution in [0.15, 0.2) is 22.6 Å². The summed E-state index contributed by atoms with van der Waals surface area (Å²) in [5.41, 5.74) is 0.766. The number of nitrogens with zero attached hydrogens (tertiary/aromatic N) is 6. The van der Waals surface area contributed by atoms with Gasteiger partial charge in [-0.2, -0.15) is 0 Å². The Hall–Kier alpha value is -3.74. The molecular weight excluding hydrogens is 465 g/mol. The van der Waals surface area contributed by atoms with Crippen molar-refractivity contribution in [2.24, 2.45) is 4.99 Å². The van der Waals surface area contributed by atoms with Gasteiger partial charge >= 0.3 is 6.03 Å². The third-order valence-electron chi connectivity index (χ3n) is 5.64. The molecule has 4 amide bonds. The van der Waals surface area contributed by atoms with E-state index < -0.39 is 41.9 Å². The lowest BCUT2D eigenvalue weighted by atomic mass is 10.1. The molecule has 0 bridgehead atoms. The Morgan fingerprint density at radius 1 is 1.32 bits per heavy atom. The van der Waals surface area contributed by atoms with E-state index in [1.165, 1.54) is 53.7 Å². The Balaban J connectivity index is 1.49. The van der Waals surface area contributed by atoms with Crippen molar-refractivity contribution in [3.63, 3.8) is 0 Å². The number of aliphatic imine (C=N–C) groups is 1. The van der Waals surface area contributed by atoms with Gasteiger partial charge in [-0.05, 0) is 26.8 Å². The number of likely N-dealkylation sites (N-methyl/N-ethyl adjacent to an activating group) is 1. The Bertz CT molecular complexity index is 1220. The minimum absolute atomic E-state index is 0.269. The third kappa shape index (κ3) is 4.14. The summed E-state index contributed by atoms with van der Waals surface area (Å²) in [4.78, 5) is 66.2. The summed E-state index contributed by atoms with van der Waals surface area (Å²) in [6, 6.07) is -1.06. The quantitative estimate of drug-likeness (QED) is 0.654. The molecule has 3 atom stereocenters. The number of hydrogen-bond acceptors (Lipinski definition) is 9. The molecule has 2 aromatic rings. The molecule has 0 aromatic carbocycles. The van der Waals surface area contributed by atoms with Crippen LogP contribution in [0.5, 0.6) is 0 Å². The first kappa shape index (κ1) is 23.4. The van der Waals surface area contributed by atoms with Crippen molar-refractivity contribution in [2.45, 2.75) is 39.0 Å². The molecular formula is C21H22FN7O4S. The number of ketones is 1. The molecule has 0 spiro atoms. The lowest BCUT2D eigenvalue weighted by Crippen LogP contribution is -2.66. The van der Waals surface area contributed by atoms with E-state index >= 15 is 0 Å². The predicted molar refractivity (Wildman–Crippen MR) is 122 cm³/mol. The topological polar surface area (TPSA) is 128 Å². The fraction of sp³-hybridized carbons (Fsp3) is 0.381. The normalized spacial score (nSPS) is 20.6. The average molecular weight is 488 g/mol. The second kappa shape index (κ2) is 8.89. The number of aryl methyl sites for hydroxylation is 1. The number of carbonyl (C=O) groups is 4. The number of rotatable bonds is 6. The zero-order valence-electron chi connectivity index (χ0n) is 18.9. The van der Waals surface area contributed by atoms with E-state index in [2.05, 4.69) is 20.3 Å². The number of aromatic nitrogens is 2. The number of carbonyl (C=O) groups excluding carboxylic acids is 4. The number of pyridine rings is 1. The number of thiazole rings is 1. The Morgan fingerprint density at radius 3 is 2.74 bits per heavy atom. The highest BCUT2D eigenvalue weighted by molar-refractivity contribution is 7.13. The molecule has 1 saturated heterocycles. The van der Waals surface area contributed by atoms with E-state index in [1.54, 1.807) is 19.2 Å². The third-order valence-corrected chi connectivity index (χ3v) is 6.53. The summed E-state index contributed by atoms with van der Waals surface area (Å²) in [7, 11) is 1.49. The number of Topliss-reactive ketones (excluding diaryl/α,β-unsaturated/α-hetero) is 1. The summed E-state index contributed by atoms with van der Waals surface area (Å²) in [5, 5.41) is 4.79. The summed E-state index contributed by atoms with van der Waals surface area (Å²) < 4.78 is 13.8. The molecule has 2 aliphatic heterocycles. The zero-order valence-corrected chi connectivity index (χ0v) is 19.7. The molecule has 1 fully saturated rings. The molecule has 0 radical (unpaired) electrons. The molecule has 2 unspecified atom stereocenters. The molecule has 178 valence electrons. The number of anilines is 1. The van der Waals surface area contributed by atoms with Gasteiger partial charge in [-0.1, -0.05) is 0 Å². The van der Waals surface area contributed by atoms with E-state index in [1.807, 2.05) is 0 Å². The van der Waals surface area contributed by atoms with E-state index in [4.69, 9.17) is 0 Å². The molecule has 34 heavy (non-hydrogen) atoms. The Morgan fingerprint density at radius 2 is 2.06 bits per heavy atom. The fourth-order valence-electron chi connectivity index (χ4n) is 3.74. The van der Waals surface area contributed by atoms with Crippen LogP contribution in [0.25, 0.3) is 10.6 Å².